The number of Topliss-reactive ketones (excluding diaryl/α,β-unsaturated/α-hetero) is 1. The van der Waals surface area contributed by atoms with E-state index in [-0.39, 0.29) is 11.5 Å². The van der Waals surface area contributed by atoms with Gasteiger partial charge in [-0.05, 0) is 99.2 Å². The molecule has 0 saturated heterocycles. The molecule has 0 heterocycles. The minimum atomic E-state index is -0.0490. The van der Waals surface area contributed by atoms with Crippen LogP contribution in [-0.2, 0) is 4.79 Å². The van der Waals surface area contributed by atoms with E-state index in [0.29, 0.717) is 17.1 Å². The Bertz CT molecular complexity index is 500. The van der Waals surface area contributed by atoms with Crippen LogP contribution in [0.2, 0.25) is 0 Å². The predicted octanol–water partition coefficient (Wildman–Crippen LogP) is 4.60. The highest BCUT2D eigenvalue weighted by atomic mass is 16.3. The summed E-state index contributed by atoms with van der Waals surface area (Å²) in [5.74, 6) is 3.97. The van der Waals surface area contributed by atoms with Crippen molar-refractivity contribution in [2.24, 2.45) is 40.4 Å². The molecule has 8 atom stereocenters. The first-order valence-electron chi connectivity index (χ1n) is 10.0. The lowest BCUT2D eigenvalue weighted by Crippen LogP contribution is -2.54. The van der Waals surface area contributed by atoms with Crippen molar-refractivity contribution in [3.8, 4) is 0 Å². The molecule has 23 heavy (non-hydrogen) atoms. The van der Waals surface area contributed by atoms with Gasteiger partial charge in [-0.1, -0.05) is 13.8 Å². The normalized spacial score (nSPS) is 55.7. The Kier molecular flexibility index (Phi) is 3.72. The van der Waals surface area contributed by atoms with Gasteiger partial charge in [0.25, 0.3) is 0 Å². The number of ketones is 1. The molecule has 0 aromatic rings. The molecule has 1 N–H and O–H groups in total. The number of hydrogen-bond acceptors (Lipinski definition) is 2. The number of hydrogen-bond donors (Lipinski definition) is 1. The van der Waals surface area contributed by atoms with Gasteiger partial charge in [-0.3, -0.25) is 4.79 Å². The largest absolute Gasteiger partial charge is 0.393 e. The van der Waals surface area contributed by atoms with Crippen LogP contribution < -0.4 is 0 Å². The summed E-state index contributed by atoms with van der Waals surface area (Å²) in [6.45, 7) is 6.80. The SMILES string of the molecule is CC(=O)[C@H]1CC[C@H]2[C@H]3CC[C@H]4C[C@H](O)CC[C@@]4(C)[C@@H]3CC[C@@]12C. The zero-order valence-electron chi connectivity index (χ0n) is 15.2. The molecule has 4 aliphatic rings. The predicted molar refractivity (Wildman–Crippen MR) is 91.9 cm³/mol. The molecule has 2 heteroatoms. The third-order valence-corrected chi connectivity index (χ3v) is 9.13. The lowest BCUT2D eigenvalue weighted by Gasteiger charge is -2.60. The Morgan fingerprint density at radius 1 is 0.913 bits per heavy atom. The fraction of sp³-hybridized carbons (Fsp3) is 0.952. The van der Waals surface area contributed by atoms with E-state index >= 15 is 0 Å². The van der Waals surface area contributed by atoms with Gasteiger partial charge >= 0.3 is 0 Å². The first kappa shape index (κ1) is 16.1. The van der Waals surface area contributed by atoms with Crippen LogP contribution in [0.3, 0.4) is 0 Å². The van der Waals surface area contributed by atoms with Gasteiger partial charge in [-0.15, -0.1) is 0 Å². The molecule has 0 amide bonds. The van der Waals surface area contributed by atoms with Crippen LogP contribution in [0.25, 0.3) is 0 Å². The lowest BCUT2D eigenvalue weighted by molar-refractivity contribution is -0.138. The highest BCUT2D eigenvalue weighted by molar-refractivity contribution is 5.79. The number of carbonyl (C=O) groups excluding carboxylic acids is 1. The quantitative estimate of drug-likeness (QED) is 0.767. The van der Waals surface area contributed by atoms with Gasteiger partial charge in [-0.2, -0.15) is 0 Å². The molecular formula is C21H34O2. The molecule has 0 aromatic carbocycles. The van der Waals surface area contributed by atoms with Crippen molar-refractivity contribution in [3.05, 3.63) is 0 Å². The third kappa shape index (κ3) is 2.19. The zero-order chi connectivity index (χ0) is 16.4. The van der Waals surface area contributed by atoms with E-state index < -0.39 is 0 Å². The van der Waals surface area contributed by atoms with E-state index in [1.165, 1.54) is 38.5 Å². The molecule has 0 bridgehead atoms. The maximum absolute atomic E-state index is 12.2. The number of aliphatic hydroxyl groups is 1. The molecule has 4 rings (SSSR count). The van der Waals surface area contributed by atoms with Gasteiger partial charge in [0, 0.05) is 5.92 Å². The van der Waals surface area contributed by atoms with Gasteiger partial charge < -0.3 is 5.11 Å². The molecule has 0 spiro atoms. The topological polar surface area (TPSA) is 37.3 Å². The third-order valence-electron chi connectivity index (χ3n) is 9.13. The highest BCUT2D eigenvalue weighted by Crippen LogP contribution is 2.67. The van der Waals surface area contributed by atoms with E-state index in [2.05, 4.69) is 13.8 Å². The summed E-state index contributed by atoms with van der Waals surface area (Å²) in [7, 11) is 0. The first-order valence-corrected chi connectivity index (χ1v) is 10.0. The molecular weight excluding hydrogens is 284 g/mol. The monoisotopic (exact) mass is 318 g/mol. The smallest absolute Gasteiger partial charge is 0.133 e. The van der Waals surface area contributed by atoms with Gasteiger partial charge in [0.05, 0.1) is 6.10 Å². The Labute approximate surface area is 141 Å². The Morgan fingerprint density at radius 2 is 1.61 bits per heavy atom. The van der Waals surface area contributed by atoms with E-state index in [9.17, 15) is 9.90 Å². The molecule has 2 nitrogen and oxygen atoms in total. The van der Waals surface area contributed by atoms with E-state index in [1.807, 2.05) is 6.92 Å². The second kappa shape index (κ2) is 5.31. The molecule has 0 aliphatic heterocycles. The number of carbonyl (C=O) groups is 1. The summed E-state index contributed by atoms with van der Waals surface area (Å²) in [6, 6.07) is 0. The fourth-order valence-corrected chi connectivity index (χ4v) is 7.90. The zero-order valence-corrected chi connectivity index (χ0v) is 15.2. The van der Waals surface area contributed by atoms with Crippen molar-refractivity contribution in [1.82, 2.24) is 0 Å². The summed E-state index contributed by atoms with van der Waals surface area (Å²) >= 11 is 0. The van der Waals surface area contributed by atoms with Gasteiger partial charge in [-0.25, -0.2) is 0 Å². The fourth-order valence-electron chi connectivity index (χ4n) is 7.90. The maximum Gasteiger partial charge on any atom is 0.133 e. The Hall–Kier alpha value is -0.370. The average molecular weight is 319 g/mol. The van der Waals surface area contributed by atoms with Crippen LogP contribution in [0, 0.1) is 40.4 Å². The Balaban J connectivity index is 1.61. The van der Waals surface area contributed by atoms with E-state index in [4.69, 9.17) is 0 Å². The van der Waals surface area contributed by atoms with Crippen molar-refractivity contribution >= 4 is 5.78 Å². The maximum atomic E-state index is 12.2. The van der Waals surface area contributed by atoms with Crippen LogP contribution in [-0.4, -0.2) is 17.0 Å². The number of fused-ring (bicyclic) bond motifs is 5. The van der Waals surface area contributed by atoms with Gasteiger partial charge in [0.2, 0.25) is 0 Å². The molecule has 4 saturated carbocycles. The van der Waals surface area contributed by atoms with Gasteiger partial charge in [0.1, 0.15) is 5.78 Å². The van der Waals surface area contributed by atoms with Crippen molar-refractivity contribution in [1.29, 1.82) is 0 Å². The van der Waals surface area contributed by atoms with Crippen molar-refractivity contribution in [2.75, 3.05) is 0 Å². The van der Waals surface area contributed by atoms with Crippen LogP contribution in [0.15, 0.2) is 0 Å². The summed E-state index contributed by atoms with van der Waals surface area (Å²) < 4.78 is 0. The first-order chi connectivity index (χ1) is 10.9. The van der Waals surface area contributed by atoms with Crippen LogP contribution in [0.4, 0.5) is 0 Å². The summed E-state index contributed by atoms with van der Waals surface area (Å²) in [5, 5.41) is 10.1. The van der Waals surface area contributed by atoms with Gasteiger partial charge in [0.15, 0.2) is 0 Å². The molecule has 130 valence electrons. The van der Waals surface area contributed by atoms with Crippen molar-refractivity contribution in [2.45, 2.75) is 84.7 Å². The standard InChI is InChI=1S/C21H34O2/c1-13(22)17-6-7-18-16-5-4-14-12-15(23)8-10-20(14,2)19(16)9-11-21(17,18)3/h14-19,23H,4-12H2,1-3H3/t14-,15+,16+,17+,18-,19+,20+,21-/m0/s1. The van der Waals surface area contributed by atoms with E-state index in [1.54, 1.807) is 0 Å². The number of rotatable bonds is 1. The second-order valence-corrected chi connectivity index (χ2v) is 9.87. The molecule has 0 unspecified atom stereocenters. The van der Waals surface area contributed by atoms with Crippen molar-refractivity contribution < 1.29 is 9.90 Å². The van der Waals surface area contributed by atoms with E-state index in [0.717, 1.165) is 42.9 Å². The van der Waals surface area contributed by atoms with Crippen molar-refractivity contribution in [3.63, 3.8) is 0 Å². The lowest BCUT2D eigenvalue weighted by atomic mass is 9.44. The average Bonchev–Trinajstić information content (AvgIpc) is 2.85. The van der Waals surface area contributed by atoms with Crippen LogP contribution in [0.1, 0.15) is 78.6 Å². The minimum Gasteiger partial charge on any atom is -0.393 e. The summed E-state index contributed by atoms with van der Waals surface area (Å²) in [4.78, 5) is 12.2. The second-order valence-electron chi connectivity index (χ2n) is 9.87. The summed E-state index contributed by atoms with van der Waals surface area (Å²) in [5.41, 5.74) is 0.738. The molecule has 0 aromatic heterocycles. The van der Waals surface area contributed by atoms with Crippen LogP contribution in [0.5, 0.6) is 0 Å². The Morgan fingerprint density at radius 3 is 2.35 bits per heavy atom. The van der Waals surface area contributed by atoms with Crippen LogP contribution >= 0.6 is 0 Å². The molecule has 0 radical (unpaired) electrons. The minimum absolute atomic E-state index is 0.0490. The molecule has 4 fully saturated rings. The highest BCUT2D eigenvalue weighted by Gasteiger charge is 2.60. The summed E-state index contributed by atoms with van der Waals surface area (Å²) in [6.07, 6.45) is 10.9. The number of aliphatic hydroxyl groups excluding tert-OH is 1. The molecule has 4 aliphatic carbocycles.